The lowest BCUT2D eigenvalue weighted by atomic mass is 9.92. The Morgan fingerprint density at radius 1 is 0.926 bits per heavy atom. The van der Waals surface area contributed by atoms with Crippen molar-refractivity contribution in [2.45, 2.75) is 16.1 Å². The van der Waals surface area contributed by atoms with Crippen LogP contribution in [0.1, 0.15) is 11.1 Å². The van der Waals surface area contributed by atoms with Gasteiger partial charge in [0.05, 0.1) is 4.92 Å². The molecule has 0 aliphatic carbocycles. The van der Waals surface area contributed by atoms with Crippen LogP contribution < -0.4 is 5.32 Å². The van der Waals surface area contributed by atoms with Crippen molar-refractivity contribution in [1.29, 1.82) is 0 Å². The number of hydrogen-bond donors (Lipinski definition) is 1. The van der Waals surface area contributed by atoms with Gasteiger partial charge in [-0.05, 0) is 23.8 Å². The molecule has 0 saturated carbocycles. The number of nitrogens with one attached hydrogen (secondary N) is 1. The zero-order valence-corrected chi connectivity index (χ0v) is 15.1. The van der Waals surface area contributed by atoms with Crippen LogP contribution in [0.15, 0.2) is 83.8 Å². The summed E-state index contributed by atoms with van der Waals surface area (Å²) < 4.78 is -0.825. The average Bonchev–Trinajstić information content (AvgIpc) is 2.95. The number of anilines is 1. The maximum atomic E-state index is 13.1. The van der Waals surface area contributed by atoms with E-state index in [1.165, 1.54) is 23.9 Å². The van der Waals surface area contributed by atoms with E-state index in [1.807, 2.05) is 54.6 Å². The van der Waals surface area contributed by atoms with Crippen LogP contribution in [0, 0.1) is 10.1 Å². The molecule has 1 aliphatic heterocycles. The maximum absolute atomic E-state index is 13.1. The number of rotatable bonds is 5. The molecule has 134 valence electrons. The molecule has 0 aromatic heterocycles. The van der Waals surface area contributed by atoms with Crippen molar-refractivity contribution in [3.63, 3.8) is 0 Å². The molecular weight excluding hydrogens is 360 g/mol. The molecule has 5 nitrogen and oxygen atoms in total. The van der Waals surface area contributed by atoms with Crippen molar-refractivity contribution in [3.8, 4) is 0 Å². The molecule has 3 aromatic rings. The Kier molecular flexibility index (Phi) is 4.41. The minimum absolute atomic E-state index is 0.0415. The number of amides is 1. The molecule has 0 radical (unpaired) electrons. The lowest BCUT2D eigenvalue weighted by Gasteiger charge is -2.27. The van der Waals surface area contributed by atoms with Crippen LogP contribution in [-0.2, 0) is 16.0 Å². The number of fused-ring (bicyclic) bond motifs is 1. The van der Waals surface area contributed by atoms with E-state index in [2.05, 4.69) is 5.32 Å². The fraction of sp³-hybridized carbons (Fsp3) is 0.0952. The number of nitro benzene ring substituents is 1. The number of hydrogen-bond acceptors (Lipinski definition) is 4. The van der Waals surface area contributed by atoms with E-state index in [0.29, 0.717) is 6.42 Å². The number of carbonyl (C=O) groups excluding carboxylic acids is 1. The third-order valence-electron chi connectivity index (χ3n) is 4.61. The van der Waals surface area contributed by atoms with Crippen LogP contribution >= 0.6 is 11.8 Å². The summed E-state index contributed by atoms with van der Waals surface area (Å²) in [5, 5.41) is 13.9. The highest BCUT2D eigenvalue weighted by Gasteiger charge is 2.47. The second-order valence-electron chi connectivity index (χ2n) is 6.34. The van der Waals surface area contributed by atoms with Gasteiger partial charge in [-0.3, -0.25) is 14.9 Å². The fourth-order valence-electron chi connectivity index (χ4n) is 3.32. The Bertz CT molecular complexity index is 1010. The van der Waals surface area contributed by atoms with E-state index in [-0.39, 0.29) is 11.6 Å². The second-order valence-corrected chi connectivity index (χ2v) is 7.71. The zero-order valence-electron chi connectivity index (χ0n) is 14.3. The van der Waals surface area contributed by atoms with Gasteiger partial charge in [-0.1, -0.05) is 48.5 Å². The summed E-state index contributed by atoms with van der Waals surface area (Å²) in [6, 6.07) is 23.9. The van der Waals surface area contributed by atoms with Crippen LogP contribution in [0.3, 0.4) is 0 Å². The minimum Gasteiger partial charge on any atom is -0.324 e. The number of benzene rings is 3. The van der Waals surface area contributed by atoms with Gasteiger partial charge < -0.3 is 5.32 Å². The Hall–Kier alpha value is -3.12. The Balaban J connectivity index is 1.77. The van der Waals surface area contributed by atoms with Gasteiger partial charge in [-0.15, -0.1) is 11.8 Å². The Morgan fingerprint density at radius 2 is 1.59 bits per heavy atom. The van der Waals surface area contributed by atoms with Crippen molar-refractivity contribution in [2.24, 2.45) is 0 Å². The molecule has 6 heteroatoms. The Morgan fingerprint density at radius 3 is 2.30 bits per heavy atom. The quantitative estimate of drug-likeness (QED) is 0.514. The molecule has 0 unspecified atom stereocenters. The molecule has 1 amide bonds. The van der Waals surface area contributed by atoms with Gasteiger partial charge in [-0.2, -0.15) is 0 Å². The number of nitrogens with zero attached hydrogens (tertiary/aromatic N) is 1. The smallest absolute Gasteiger partial charge is 0.269 e. The zero-order chi connectivity index (χ0) is 18.9. The van der Waals surface area contributed by atoms with Gasteiger partial charge >= 0.3 is 0 Å². The van der Waals surface area contributed by atoms with Gasteiger partial charge in [0.15, 0.2) is 0 Å². The minimum atomic E-state index is -0.825. The normalized spacial score (nSPS) is 18.0. The van der Waals surface area contributed by atoms with Gasteiger partial charge in [0.25, 0.3) is 5.69 Å². The highest BCUT2D eigenvalue weighted by molar-refractivity contribution is 8.01. The summed E-state index contributed by atoms with van der Waals surface area (Å²) in [5.74, 6) is -0.0732. The van der Waals surface area contributed by atoms with Crippen LogP contribution in [0.2, 0.25) is 0 Å². The first-order chi connectivity index (χ1) is 13.1. The summed E-state index contributed by atoms with van der Waals surface area (Å²) >= 11 is 1.51. The van der Waals surface area contributed by atoms with Crippen molar-refractivity contribution in [2.75, 3.05) is 5.32 Å². The molecule has 27 heavy (non-hydrogen) atoms. The van der Waals surface area contributed by atoms with E-state index < -0.39 is 9.67 Å². The van der Waals surface area contributed by atoms with E-state index in [4.69, 9.17) is 0 Å². The number of non-ortho nitro benzene ring substituents is 1. The van der Waals surface area contributed by atoms with Gasteiger partial charge in [0, 0.05) is 34.7 Å². The van der Waals surface area contributed by atoms with Crippen molar-refractivity contribution >= 4 is 29.0 Å². The number of para-hydroxylation sites is 1. The van der Waals surface area contributed by atoms with E-state index in [1.54, 1.807) is 12.1 Å². The van der Waals surface area contributed by atoms with E-state index >= 15 is 0 Å². The summed E-state index contributed by atoms with van der Waals surface area (Å²) in [4.78, 5) is 24.6. The molecule has 0 saturated heterocycles. The monoisotopic (exact) mass is 376 g/mol. The van der Waals surface area contributed by atoms with Crippen molar-refractivity contribution in [3.05, 3.63) is 100 Å². The average molecular weight is 376 g/mol. The molecule has 1 N–H and O–H groups in total. The first-order valence-electron chi connectivity index (χ1n) is 8.47. The van der Waals surface area contributed by atoms with Gasteiger partial charge in [0.1, 0.15) is 4.75 Å². The van der Waals surface area contributed by atoms with Crippen LogP contribution in [0.4, 0.5) is 11.4 Å². The lowest BCUT2D eigenvalue weighted by molar-refractivity contribution is -0.384. The van der Waals surface area contributed by atoms with Crippen LogP contribution in [-0.4, -0.2) is 10.8 Å². The highest BCUT2D eigenvalue weighted by Crippen LogP contribution is 2.50. The highest BCUT2D eigenvalue weighted by atomic mass is 32.2. The van der Waals surface area contributed by atoms with Crippen molar-refractivity contribution < 1.29 is 9.72 Å². The van der Waals surface area contributed by atoms with Gasteiger partial charge in [0.2, 0.25) is 5.91 Å². The Labute approximate surface area is 160 Å². The largest absolute Gasteiger partial charge is 0.324 e. The summed E-state index contributed by atoms with van der Waals surface area (Å²) in [5.41, 5.74) is 2.66. The van der Waals surface area contributed by atoms with E-state index in [9.17, 15) is 14.9 Å². The molecule has 1 heterocycles. The third kappa shape index (κ3) is 3.19. The molecule has 1 atom stereocenters. The van der Waals surface area contributed by atoms with E-state index in [0.717, 1.165) is 21.7 Å². The standard InChI is InChI=1S/C21H16N2O3S/c24-20-21(27-17-6-2-1-3-7-17,18-8-4-5-9-19(18)22-20)14-15-10-12-16(13-11-15)23(25)26/h1-13H,14H2,(H,22,24)/t21-/m1/s1. The topological polar surface area (TPSA) is 72.2 Å². The molecular formula is C21H16N2O3S. The summed E-state index contributed by atoms with van der Waals surface area (Å²) in [6.45, 7) is 0. The predicted molar refractivity (Wildman–Crippen MR) is 106 cm³/mol. The SMILES string of the molecule is O=C1Nc2ccccc2[C@@]1(Cc1ccc([N+](=O)[O-])cc1)Sc1ccccc1. The fourth-order valence-corrected chi connectivity index (χ4v) is 4.68. The van der Waals surface area contributed by atoms with Crippen molar-refractivity contribution in [1.82, 2.24) is 0 Å². The van der Waals surface area contributed by atoms with Crippen LogP contribution in [0.25, 0.3) is 0 Å². The number of nitro groups is 1. The van der Waals surface area contributed by atoms with Crippen LogP contribution in [0.5, 0.6) is 0 Å². The molecule has 0 bridgehead atoms. The third-order valence-corrected chi connectivity index (χ3v) is 6.02. The predicted octanol–water partition coefficient (Wildman–Crippen LogP) is 4.78. The van der Waals surface area contributed by atoms with Gasteiger partial charge in [-0.25, -0.2) is 0 Å². The molecule has 0 spiro atoms. The first kappa shape index (κ1) is 17.3. The molecule has 4 rings (SSSR count). The molecule has 3 aromatic carbocycles. The first-order valence-corrected chi connectivity index (χ1v) is 9.28. The molecule has 0 fully saturated rings. The summed E-state index contributed by atoms with van der Waals surface area (Å²) in [6.07, 6.45) is 0.438. The summed E-state index contributed by atoms with van der Waals surface area (Å²) in [7, 11) is 0. The number of carbonyl (C=O) groups is 1. The number of thioether (sulfide) groups is 1. The molecule has 1 aliphatic rings. The maximum Gasteiger partial charge on any atom is 0.269 e. The second kappa shape index (κ2) is 6.89. The lowest BCUT2D eigenvalue weighted by Crippen LogP contribution is -2.33.